The minimum Gasteiger partial charge on any atom is -0.354 e. The van der Waals surface area contributed by atoms with Crippen molar-refractivity contribution >= 4 is 29.1 Å². The van der Waals surface area contributed by atoms with Gasteiger partial charge in [0, 0.05) is 30.9 Å². The third kappa shape index (κ3) is 6.03. The molecule has 1 aromatic carbocycles. The highest BCUT2D eigenvalue weighted by Gasteiger charge is 2.25. The average molecular weight is 436 g/mol. The third-order valence-electron chi connectivity index (χ3n) is 4.59. The van der Waals surface area contributed by atoms with Gasteiger partial charge >= 0.3 is 0 Å². The van der Waals surface area contributed by atoms with Crippen LogP contribution in [0.3, 0.4) is 0 Å². The van der Waals surface area contributed by atoms with Crippen LogP contribution in [-0.4, -0.2) is 39.1 Å². The van der Waals surface area contributed by atoms with Gasteiger partial charge in [-0.05, 0) is 38.3 Å². The lowest BCUT2D eigenvalue weighted by Crippen LogP contribution is -2.50. The van der Waals surface area contributed by atoms with E-state index in [-0.39, 0.29) is 28.1 Å². The number of amides is 2. The van der Waals surface area contributed by atoms with E-state index in [4.69, 9.17) is 11.6 Å². The molecule has 10 heteroatoms. The van der Waals surface area contributed by atoms with Gasteiger partial charge in [-0.2, -0.15) is 5.10 Å². The molecule has 162 valence electrons. The number of aromatic nitrogens is 2. The number of carbonyl (C=O) groups is 2. The Balaban J connectivity index is 1.94. The zero-order chi connectivity index (χ0) is 22.4. The number of nitrogens with one attached hydrogen (secondary N) is 2. The molecule has 0 fully saturated rings. The summed E-state index contributed by atoms with van der Waals surface area (Å²) in [6.45, 7) is 8.66. The predicted octanol–water partition coefficient (Wildman–Crippen LogP) is 3.02. The van der Waals surface area contributed by atoms with Gasteiger partial charge in [0.15, 0.2) is 0 Å². The standard InChI is InChI=1S/C20H26ClN5O4/c1-12(2)18(20(28)22-8-5-9-25-14(4)10-13(3)24-25)23-19(27)16-7-6-15(26(29)30)11-17(16)21/h6-7,10-12,18H,5,8-9H2,1-4H3,(H,22,28)(H,23,27)/t18-/m1/s1. The lowest BCUT2D eigenvalue weighted by atomic mass is 10.0. The Morgan fingerprint density at radius 1 is 1.27 bits per heavy atom. The van der Waals surface area contributed by atoms with Crippen molar-refractivity contribution in [1.82, 2.24) is 20.4 Å². The molecule has 0 saturated carbocycles. The van der Waals surface area contributed by atoms with E-state index < -0.39 is 16.9 Å². The molecule has 0 spiro atoms. The number of benzene rings is 1. The van der Waals surface area contributed by atoms with Crippen molar-refractivity contribution < 1.29 is 14.5 Å². The Morgan fingerprint density at radius 2 is 1.97 bits per heavy atom. The number of hydrogen-bond donors (Lipinski definition) is 2. The monoisotopic (exact) mass is 435 g/mol. The van der Waals surface area contributed by atoms with Gasteiger partial charge in [0.05, 0.1) is 21.2 Å². The lowest BCUT2D eigenvalue weighted by molar-refractivity contribution is -0.384. The molecule has 2 amide bonds. The van der Waals surface area contributed by atoms with Gasteiger partial charge in [-0.15, -0.1) is 0 Å². The number of hydrogen-bond acceptors (Lipinski definition) is 5. The molecule has 2 rings (SSSR count). The van der Waals surface area contributed by atoms with Crippen LogP contribution in [0.15, 0.2) is 24.3 Å². The van der Waals surface area contributed by atoms with E-state index in [1.54, 1.807) is 0 Å². The van der Waals surface area contributed by atoms with Crippen molar-refractivity contribution in [3.8, 4) is 0 Å². The van der Waals surface area contributed by atoms with Gasteiger partial charge in [0.2, 0.25) is 5.91 Å². The number of nitro groups is 1. The van der Waals surface area contributed by atoms with Crippen molar-refractivity contribution in [3.05, 3.63) is 56.4 Å². The highest BCUT2D eigenvalue weighted by Crippen LogP contribution is 2.22. The van der Waals surface area contributed by atoms with Crippen LogP contribution in [0.4, 0.5) is 5.69 Å². The summed E-state index contributed by atoms with van der Waals surface area (Å²) in [4.78, 5) is 35.4. The first-order valence-corrected chi connectivity index (χ1v) is 10.0. The maximum absolute atomic E-state index is 12.6. The molecule has 30 heavy (non-hydrogen) atoms. The molecule has 2 N–H and O–H groups in total. The number of halogens is 1. The van der Waals surface area contributed by atoms with Crippen molar-refractivity contribution in [2.24, 2.45) is 5.92 Å². The van der Waals surface area contributed by atoms with E-state index in [9.17, 15) is 19.7 Å². The largest absolute Gasteiger partial charge is 0.354 e. The van der Waals surface area contributed by atoms with Crippen LogP contribution < -0.4 is 10.6 Å². The lowest BCUT2D eigenvalue weighted by Gasteiger charge is -2.22. The zero-order valence-electron chi connectivity index (χ0n) is 17.4. The number of non-ortho nitro benzene ring substituents is 1. The van der Waals surface area contributed by atoms with E-state index in [2.05, 4.69) is 15.7 Å². The zero-order valence-corrected chi connectivity index (χ0v) is 18.2. The fraction of sp³-hybridized carbons (Fsp3) is 0.450. The summed E-state index contributed by atoms with van der Waals surface area (Å²) in [7, 11) is 0. The molecule has 1 atom stereocenters. The fourth-order valence-electron chi connectivity index (χ4n) is 3.01. The van der Waals surface area contributed by atoms with Gasteiger partial charge in [-0.3, -0.25) is 24.4 Å². The smallest absolute Gasteiger partial charge is 0.270 e. The van der Waals surface area contributed by atoms with Crippen molar-refractivity contribution in [1.29, 1.82) is 0 Å². The Hall–Kier alpha value is -2.94. The molecule has 9 nitrogen and oxygen atoms in total. The Morgan fingerprint density at radius 3 is 2.50 bits per heavy atom. The van der Waals surface area contributed by atoms with E-state index in [0.29, 0.717) is 19.5 Å². The van der Waals surface area contributed by atoms with Crippen molar-refractivity contribution in [3.63, 3.8) is 0 Å². The first kappa shape index (κ1) is 23.3. The molecule has 2 aromatic rings. The minimum absolute atomic E-state index is 0.0468. The molecule has 0 bridgehead atoms. The second kappa shape index (κ2) is 10.2. The summed E-state index contributed by atoms with van der Waals surface area (Å²) in [6.07, 6.45) is 0.695. The first-order chi connectivity index (χ1) is 14.1. The fourth-order valence-corrected chi connectivity index (χ4v) is 3.27. The SMILES string of the molecule is Cc1cc(C)n(CCCNC(=O)[C@H](NC(=O)c2ccc([N+](=O)[O-])cc2Cl)C(C)C)n1. The van der Waals surface area contributed by atoms with Crippen LogP contribution in [0.5, 0.6) is 0 Å². The van der Waals surface area contributed by atoms with Gasteiger partial charge in [0.1, 0.15) is 6.04 Å². The molecule has 0 radical (unpaired) electrons. The summed E-state index contributed by atoms with van der Waals surface area (Å²) in [5.74, 6) is -1.03. The highest BCUT2D eigenvalue weighted by atomic mass is 35.5. The van der Waals surface area contributed by atoms with E-state index in [0.717, 1.165) is 17.5 Å². The summed E-state index contributed by atoms with van der Waals surface area (Å²) in [6, 6.07) is 4.81. The van der Waals surface area contributed by atoms with Crippen molar-refractivity contribution in [2.75, 3.05) is 6.54 Å². The van der Waals surface area contributed by atoms with E-state index in [1.165, 1.54) is 12.1 Å². The van der Waals surface area contributed by atoms with Gasteiger partial charge in [-0.25, -0.2) is 0 Å². The van der Waals surface area contributed by atoms with Crippen molar-refractivity contribution in [2.45, 2.75) is 46.7 Å². The van der Waals surface area contributed by atoms with Gasteiger partial charge in [-0.1, -0.05) is 25.4 Å². The summed E-state index contributed by atoms with van der Waals surface area (Å²) < 4.78 is 1.89. The maximum atomic E-state index is 12.6. The van der Waals surface area contributed by atoms with Crippen LogP contribution in [0.25, 0.3) is 0 Å². The second-order valence-electron chi connectivity index (χ2n) is 7.41. The Labute approximate surface area is 179 Å². The van der Waals surface area contributed by atoms with Crippen LogP contribution in [0.1, 0.15) is 42.0 Å². The average Bonchev–Trinajstić information content (AvgIpc) is 2.99. The number of aryl methyl sites for hydroxylation is 3. The van der Waals surface area contributed by atoms with Crippen LogP contribution in [-0.2, 0) is 11.3 Å². The summed E-state index contributed by atoms with van der Waals surface area (Å²) in [5, 5.41) is 20.7. The molecular weight excluding hydrogens is 410 g/mol. The van der Waals surface area contributed by atoms with E-state index in [1.807, 2.05) is 38.4 Å². The molecule has 0 unspecified atom stereocenters. The van der Waals surface area contributed by atoms with Gasteiger partial charge in [0.25, 0.3) is 11.6 Å². The molecule has 0 aliphatic rings. The van der Waals surface area contributed by atoms with E-state index >= 15 is 0 Å². The Kier molecular flexibility index (Phi) is 7.93. The first-order valence-electron chi connectivity index (χ1n) is 9.63. The maximum Gasteiger partial charge on any atom is 0.270 e. The van der Waals surface area contributed by atoms with Gasteiger partial charge < -0.3 is 10.6 Å². The number of carbonyl (C=O) groups excluding carboxylic acids is 2. The number of nitro benzene ring substituents is 1. The summed E-state index contributed by atoms with van der Waals surface area (Å²) in [5.41, 5.74) is 1.87. The normalized spacial score (nSPS) is 11.9. The topological polar surface area (TPSA) is 119 Å². The molecule has 1 aromatic heterocycles. The molecule has 0 aliphatic heterocycles. The molecule has 0 aliphatic carbocycles. The molecule has 1 heterocycles. The second-order valence-corrected chi connectivity index (χ2v) is 7.82. The summed E-state index contributed by atoms with van der Waals surface area (Å²) >= 11 is 6.01. The highest BCUT2D eigenvalue weighted by molar-refractivity contribution is 6.34. The van der Waals surface area contributed by atoms with Crippen LogP contribution in [0.2, 0.25) is 5.02 Å². The number of nitrogens with zero attached hydrogens (tertiary/aromatic N) is 3. The third-order valence-corrected chi connectivity index (χ3v) is 4.91. The van der Waals surface area contributed by atoms with Crippen LogP contribution >= 0.6 is 11.6 Å². The molecular formula is C20H26ClN5O4. The quantitative estimate of drug-likeness (QED) is 0.356. The van der Waals surface area contributed by atoms with Crippen LogP contribution in [0, 0.1) is 29.9 Å². The number of rotatable bonds is 9. The minimum atomic E-state index is -0.766. The predicted molar refractivity (Wildman–Crippen MR) is 114 cm³/mol. The Bertz CT molecular complexity index is 941. The molecule has 0 saturated heterocycles.